The molecule has 23 heavy (non-hydrogen) atoms. The largest absolute Gasteiger partial charge is 0.350 e. The van der Waals surface area contributed by atoms with Crippen LogP contribution in [0.15, 0.2) is 42.5 Å². The predicted molar refractivity (Wildman–Crippen MR) is 94.1 cm³/mol. The van der Waals surface area contributed by atoms with Gasteiger partial charge in [-0.25, -0.2) is 0 Å². The SMILES string of the molecule is CC(NC(=O)CC1CC2CCC1C2)c1cccc2ccccc12. The van der Waals surface area contributed by atoms with E-state index >= 15 is 0 Å². The topological polar surface area (TPSA) is 29.1 Å². The average molecular weight is 307 g/mol. The van der Waals surface area contributed by atoms with Gasteiger partial charge in [-0.2, -0.15) is 0 Å². The van der Waals surface area contributed by atoms with Crippen LogP contribution in [0.3, 0.4) is 0 Å². The van der Waals surface area contributed by atoms with Crippen molar-refractivity contribution in [2.45, 2.75) is 45.1 Å². The molecule has 120 valence electrons. The van der Waals surface area contributed by atoms with Gasteiger partial charge in [-0.05, 0) is 60.3 Å². The lowest BCUT2D eigenvalue weighted by Crippen LogP contribution is -2.29. The molecule has 0 aliphatic heterocycles. The van der Waals surface area contributed by atoms with E-state index in [9.17, 15) is 4.79 Å². The van der Waals surface area contributed by atoms with Crippen LogP contribution in [-0.4, -0.2) is 5.91 Å². The zero-order valence-electron chi connectivity index (χ0n) is 13.8. The monoisotopic (exact) mass is 307 g/mol. The van der Waals surface area contributed by atoms with E-state index in [1.54, 1.807) is 0 Å². The highest BCUT2D eigenvalue weighted by Crippen LogP contribution is 2.49. The fraction of sp³-hybridized carbons (Fsp3) is 0.476. The number of hydrogen-bond donors (Lipinski definition) is 1. The number of benzene rings is 2. The van der Waals surface area contributed by atoms with Crippen LogP contribution in [0.5, 0.6) is 0 Å². The molecule has 0 radical (unpaired) electrons. The van der Waals surface area contributed by atoms with Gasteiger partial charge >= 0.3 is 0 Å². The van der Waals surface area contributed by atoms with Crippen molar-refractivity contribution < 1.29 is 4.79 Å². The summed E-state index contributed by atoms with van der Waals surface area (Å²) < 4.78 is 0. The van der Waals surface area contributed by atoms with Crippen molar-refractivity contribution in [2.75, 3.05) is 0 Å². The first-order valence-corrected chi connectivity index (χ1v) is 8.97. The normalized spacial score (nSPS) is 27.3. The minimum atomic E-state index is 0.0622. The second-order valence-electron chi connectivity index (χ2n) is 7.50. The lowest BCUT2D eigenvalue weighted by atomic mass is 9.86. The van der Waals surface area contributed by atoms with Gasteiger partial charge in [0.25, 0.3) is 0 Å². The van der Waals surface area contributed by atoms with Crippen LogP contribution in [0.1, 0.15) is 50.6 Å². The average Bonchev–Trinajstić information content (AvgIpc) is 3.17. The summed E-state index contributed by atoms with van der Waals surface area (Å²) in [7, 11) is 0. The van der Waals surface area contributed by atoms with Crippen molar-refractivity contribution in [3.05, 3.63) is 48.0 Å². The lowest BCUT2D eigenvalue weighted by Gasteiger charge is -2.23. The van der Waals surface area contributed by atoms with E-state index in [2.05, 4.69) is 54.7 Å². The highest BCUT2D eigenvalue weighted by molar-refractivity contribution is 5.86. The van der Waals surface area contributed by atoms with Crippen LogP contribution < -0.4 is 5.32 Å². The Hall–Kier alpha value is -1.83. The maximum absolute atomic E-state index is 12.5. The quantitative estimate of drug-likeness (QED) is 0.860. The van der Waals surface area contributed by atoms with Gasteiger partial charge in [0.15, 0.2) is 0 Å². The van der Waals surface area contributed by atoms with Gasteiger partial charge in [-0.15, -0.1) is 0 Å². The lowest BCUT2D eigenvalue weighted by molar-refractivity contribution is -0.123. The summed E-state index contributed by atoms with van der Waals surface area (Å²) in [6.45, 7) is 2.10. The molecule has 0 aromatic heterocycles. The number of fused-ring (bicyclic) bond motifs is 3. The standard InChI is InChI=1S/C21H25NO/c1-14(19-8-4-6-16-5-2-3-7-20(16)19)22-21(23)13-18-12-15-9-10-17(18)11-15/h2-8,14-15,17-18H,9-13H2,1H3,(H,22,23). The van der Waals surface area contributed by atoms with Gasteiger partial charge in [-0.3, -0.25) is 4.79 Å². The van der Waals surface area contributed by atoms with Crippen molar-refractivity contribution >= 4 is 16.7 Å². The Bertz CT molecular complexity index is 717. The Morgan fingerprint density at radius 1 is 1.13 bits per heavy atom. The zero-order chi connectivity index (χ0) is 15.8. The van der Waals surface area contributed by atoms with Gasteiger partial charge in [-0.1, -0.05) is 48.9 Å². The molecule has 2 nitrogen and oxygen atoms in total. The van der Waals surface area contributed by atoms with Crippen LogP contribution in [0.25, 0.3) is 10.8 Å². The predicted octanol–water partition coefficient (Wildman–Crippen LogP) is 4.84. The van der Waals surface area contributed by atoms with Crippen LogP contribution in [0, 0.1) is 17.8 Å². The molecule has 1 amide bonds. The van der Waals surface area contributed by atoms with Crippen molar-refractivity contribution in [1.29, 1.82) is 0 Å². The minimum Gasteiger partial charge on any atom is -0.350 e. The van der Waals surface area contributed by atoms with Gasteiger partial charge in [0, 0.05) is 6.42 Å². The molecule has 2 fully saturated rings. The van der Waals surface area contributed by atoms with Crippen LogP contribution >= 0.6 is 0 Å². The third-order valence-corrected chi connectivity index (χ3v) is 6.00. The van der Waals surface area contributed by atoms with Crippen molar-refractivity contribution in [3.63, 3.8) is 0 Å². The first kappa shape index (κ1) is 14.7. The Balaban J connectivity index is 1.44. The summed E-state index contributed by atoms with van der Waals surface area (Å²) in [5.74, 6) is 2.59. The zero-order valence-corrected chi connectivity index (χ0v) is 13.8. The molecule has 2 aromatic rings. The molecular weight excluding hydrogens is 282 g/mol. The molecular formula is C21H25NO. The fourth-order valence-corrected chi connectivity index (χ4v) is 4.87. The molecule has 0 heterocycles. The van der Waals surface area contributed by atoms with E-state index < -0.39 is 0 Å². The first-order valence-electron chi connectivity index (χ1n) is 8.97. The molecule has 0 spiro atoms. The Morgan fingerprint density at radius 2 is 1.96 bits per heavy atom. The van der Waals surface area contributed by atoms with E-state index in [1.165, 1.54) is 42.0 Å². The van der Waals surface area contributed by atoms with E-state index in [0.29, 0.717) is 5.92 Å². The molecule has 2 bridgehead atoms. The maximum Gasteiger partial charge on any atom is 0.220 e. The number of carbonyl (C=O) groups excluding carboxylic acids is 1. The van der Waals surface area contributed by atoms with Crippen LogP contribution in [-0.2, 0) is 4.79 Å². The van der Waals surface area contributed by atoms with Crippen LogP contribution in [0.2, 0.25) is 0 Å². The van der Waals surface area contributed by atoms with Crippen molar-refractivity contribution in [2.24, 2.45) is 17.8 Å². The van der Waals surface area contributed by atoms with Crippen molar-refractivity contribution in [3.8, 4) is 0 Å². The highest BCUT2D eigenvalue weighted by Gasteiger charge is 2.40. The molecule has 4 atom stereocenters. The number of carbonyl (C=O) groups is 1. The van der Waals surface area contributed by atoms with Gasteiger partial charge in [0.1, 0.15) is 0 Å². The molecule has 4 rings (SSSR count). The van der Waals surface area contributed by atoms with E-state index in [-0.39, 0.29) is 11.9 Å². The van der Waals surface area contributed by atoms with E-state index in [4.69, 9.17) is 0 Å². The molecule has 4 unspecified atom stereocenters. The minimum absolute atomic E-state index is 0.0622. The smallest absolute Gasteiger partial charge is 0.220 e. The second kappa shape index (κ2) is 5.99. The third-order valence-electron chi connectivity index (χ3n) is 6.00. The maximum atomic E-state index is 12.5. The summed E-state index contributed by atoms with van der Waals surface area (Å²) in [6.07, 6.45) is 6.12. The molecule has 2 aliphatic rings. The number of rotatable bonds is 4. The highest BCUT2D eigenvalue weighted by atomic mass is 16.1. The van der Waals surface area contributed by atoms with Gasteiger partial charge < -0.3 is 5.32 Å². The molecule has 2 aromatic carbocycles. The summed E-state index contributed by atoms with van der Waals surface area (Å²) in [4.78, 5) is 12.5. The molecule has 2 aliphatic carbocycles. The Morgan fingerprint density at radius 3 is 2.74 bits per heavy atom. The fourth-order valence-electron chi connectivity index (χ4n) is 4.87. The van der Waals surface area contributed by atoms with E-state index in [1.807, 2.05) is 0 Å². The summed E-state index contributed by atoms with van der Waals surface area (Å²) >= 11 is 0. The number of nitrogens with one attached hydrogen (secondary N) is 1. The Kier molecular flexibility index (Phi) is 3.84. The molecule has 1 N–H and O–H groups in total. The first-order chi connectivity index (χ1) is 11.2. The van der Waals surface area contributed by atoms with Gasteiger partial charge in [0.05, 0.1) is 6.04 Å². The van der Waals surface area contributed by atoms with Crippen LogP contribution in [0.4, 0.5) is 0 Å². The third kappa shape index (κ3) is 2.87. The van der Waals surface area contributed by atoms with Gasteiger partial charge in [0.2, 0.25) is 5.91 Å². The van der Waals surface area contributed by atoms with Crippen molar-refractivity contribution in [1.82, 2.24) is 5.32 Å². The summed E-state index contributed by atoms with van der Waals surface area (Å²) in [6, 6.07) is 14.8. The summed E-state index contributed by atoms with van der Waals surface area (Å²) in [5.41, 5.74) is 1.21. The molecule has 2 saturated carbocycles. The second-order valence-corrected chi connectivity index (χ2v) is 7.50. The van der Waals surface area contributed by atoms with E-state index in [0.717, 1.165) is 18.3 Å². The Labute approximate surface area is 138 Å². The molecule has 0 saturated heterocycles. The number of hydrogen-bond acceptors (Lipinski definition) is 1. The number of amides is 1. The molecule has 2 heteroatoms. The summed E-state index contributed by atoms with van der Waals surface area (Å²) in [5, 5.41) is 5.71.